The zero-order valence-electron chi connectivity index (χ0n) is 14.8. The first-order valence-corrected chi connectivity index (χ1v) is 8.25. The zero-order chi connectivity index (χ0) is 19.6. The lowest BCUT2D eigenvalue weighted by atomic mass is 9.90. The van der Waals surface area contributed by atoms with Gasteiger partial charge in [0.05, 0.1) is 10.7 Å². The van der Waals surface area contributed by atoms with Gasteiger partial charge in [0.15, 0.2) is 0 Å². The molecule has 0 aromatic heterocycles. The fraction of sp³-hybridized carbons (Fsp3) is 0.263. The third-order valence-corrected chi connectivity index (χ3v) is 4.30. The van der Waals surface area contributed by atoms with Gasteiger partial charge in [0.1, 0.15) is 22.7 Å². The van der Waals surface area contributed by atoms with Gasteiger partial charge < -0.3 is 10.6 Å². The second-order valence-electron chi connectivity index (χ2n) is 6.57. The van der Waals surface area contributed by atoms with E-state index in [0.717, 1.165) is 23.3 Å². The van der Waals surface area contributed by atoms with Crippen LogP contribution in [0.4, 0.5) is 20.2 Å². The Hall–Kier alpha value is -2.47. The average molecular weight is 381 g/mol. The minimum Gasteiger partial charge on any atom is -0.324 e. The predicted octanol–water partition coefficient (Wildman–Crippen LogP) is 4.84. The van der Waals surface area contributed by atoms with E-state index in [2.05, 4.69) is 10.6 Å². The summed E-state index contributed by atoms with van der Waals surface area (Å²) in [4.78, 5) is 25.1. The molecule has 0 aliphatic carbocycles. The van der Waals surface area contributed by atoms with Crippen molar-refractivity contribution in [2.45, 2.75) is 27.7 Å². The third-order valence-electron chi connectivity index (χ3n) is 4.01. The van der Waals surface area contributed by atoms with Crippen molar-refractivity contribution in [2.24, 2.45) is 5.41 Å². The van der Waals surface area contributed by atoms with E-state index in [1.807, 2.05) is 13.0 Å². The Balaban J connectivity index is 2.23. The van der Waals surface area contributed by atoms with Gasteiger partial charge in [0.25, 0.3) is 0 Å². The summed E-state index contributed by atoms with van der Waals surface area (Å²) in [6.45, 7) is 6.35. The van der Waals surface area contributed by atoms with E-state index in [1.165, 1.54) is 19.9 Å². The number of carbonyl (C=O) groups is 2. The Labute approximate surface area is 155 Å². The molecular formula is C19H19ClF2N2O2. The summed E-state index contributed by atoms with van der Waals surface area (Å²) in [7, 11) is 0. The SMILES string of the molecule is Cc1cc(C)c(NC(=O)C(C)(C)C(=O)Nc2c(F)cccc2F)c(Cl)c1. The minimum atomic E-state index is -1.60. The van der Waals surface area contributed by atoms with E-state index in [-0.39, 0.29) is 0 Å². The molecule has 0 heterocycles. The highest BCUT2D eigenvalue weighted by Crippen LogP contribution is 2.30. The van der Waals surface area contributed by atoms with Gasteiger partial charge in [-0.25, -0.2) is 8.78 Å². The number of para-hydroxylation sites is 1. The molecule has 0 saturated heterocycles. The number of nitrogens with one attached hydrogen (secondary N) is 2. The Morgan fingerprint density at radius 1 is 0.962 bits per heavy atom. The van der Waals surface area contributed by atoms with Crippen molar-refractivity contribution in [1.29, 1.82) is 0 Å². The van der Waals surface area contributed by atoms with Crippen molar-refractivity contribution in [3.05, 3.63) is 58.1 Å². The van der Waals surface area contributed by atoms with Crippen LogP contribution < -0.4 is 10.6 Å². The summed E-state index contributed by atoms with van der Waals surface area (Å²) in [6, 6.07) is 6.73. The Morgan fingerprint density at radius 2 is 1.46 bits per heavy atom. The fourth-order valence-electron chi connectivity index (χ4n) is 2.33. The van der Waals surface area contributed by atoms with Gasteiger partial charge in [-0.1, -0.05) is 23.7 Å². The number of aryl methyl sites for hydroxylation is 2. The number of anilines is 2. The molecule has 138 valence electrons. The van der Waals surface area contributed by atoms with Gasteiger partial charge in [-0.15, -0.1) is 0 Å². The Bertz CT molecular complexity index is 839. The number of halogens is 3. The molecule has 0 saturated carbocycles. The van der Waals surface area contributed by atoms with E-state index < -0.39 is 34.6 Å². The average Bonchev–Trinajstić information content (AvgIpc) is 2.53. The van der Waals surface area contributed by atoms with Crippen molar-refractivity contribution >= 4 is 34.8 Å². The van der Waals surface area contributed by atoms with Crippen LogP contribution in [-0.4, -0.2) is 11.8 Å². The van der Waals surface area contributed by atoms with Crippen molar-refractivity contribution in [3.8, 4) is 0 Å². The molecule has 2 N–H and O–H groups in total. The number of carbonyl (C=O) groups excluding carboxylic acids is 2. The van der Waals surface area contributed by atoms with Gasteiger partial charge in [-0.05, 0) is 57.0 Å². The van der Waals surface area contributed by atoms with Crippen molar-refractivity contribution in [2.75, 3.05) is 10.6 Å². The van der Waals surface area contributed by atoms with Gasteiger partial charge in [0.2, 0.25) is 11.8 Å². The normalized spacial score (nSPS) is 11.2. The second kappa shape index (κ2) is 7.41. The maximum Gasteiger partial charge on any atom is 0.239 e. The molecule has 0 bridgehead atoms. The van der Waals surface area contributed by atoms with E-state index in [4.69, 9.17) is 11.6 Å². The number of benzene rings is 2. The van der Waals surface area contributed by atoms with Crippen LogP contribution in [0.1, 0.15) is 25.0 Å². The highest BCUT2D eigenvalue weighted by molar-refractivity contribution is 6.34. The smallest absolute Gasteiger partial charge is 0.239 e. The van der Waals surface area contributed by atoms with Crippen LogP contribution in [0.2, 0.25) is 5.02 Å². The van der Waals surface area contributed by atoms with E-state index >= 15 is 0 Å². The standard InChI is InChI=1S/C19H19ClF2N2O2/c1-10-8-11(2)15(12(20)9-10)23-17(25)19(3,4)18(26)24-16-13(21)6-5-7-14(16)22/h5-9H,1-4H3,(H,23,25)(H,24,26). The summed E-state index contributed by atoms with van der Waals surface area (Å²) < 4.78 is 27.4. The van der Waals surface area contributed by atoms with Crippen LogP contribution in [0.15, 0.2) is 30.3 Å². The molecule has 2 aromatic rings. The van der Waals surface area contributed by atoms with Crippen molar-refractivity contribution < 1.29 is 18.4 Å². The number of amides is 2. The largest absolute Gasteiger partial charge is 0.324 e. The van der Waals surface area contributed by atoms with Crippen molar-refractivity contribution in [1.82, 2.24) is 0 Å². The number of rotatable bonds is 4. The monoisotopic (exact) mass is 380 g/mol. The zero-order valence-corrected chi connectivity index (χ0v) is 15.6. The molecule has 0 unspecified atom stereocenters. The first-order chi connectivity index (χ1) is 12.0. The number of hydrogen-bond donors (Lipinski definition) is 2. The summed E-state index contributed by atoms with van der Waals surface area (Å²) in [6.07, 6.45) is 0. The maximum atomic E-state index is 13.7. The van der Waals surface area contributed by atoms with Crippen LogP contribution in [0, 0.1) is 30.9 Å². The molecule has 0 fully saturated rings. The lowest BCUT2D eigenvalue weighted by Crippen LogP contribution is -2.42. The Kier molecular flexibility index (Phi) is 5.66. The first-order valence-electron chi connectivity index (χ1n) is 7.87. The Morgan fingerprint density at radius 3 is 1.96 bits per heavy atom. The van der Waals surface area contributed by atoms with Crippen LogP contribution in [0.25, 0.3) is 0 Å². The molecule has 2 amide bonds. The molecule has 7 heteroatoms. The molecule has 2 rings (SSSR count). The topological polar surface area (TPSA) is 58.2 Å². The molecular weight excluding hydrogens is 362 g/mol. The first kappa shape index (κ1) is 19.8. The van der Waals surface area contributed by atoms with Crippen molar-refractivity contribution in [3.63, 3.8) is 0 Å². The lowest BCUT2D eigenvalue weighted by molar-refractivity contribution is -0.135. The lowest BCUT2D eigenvalue weighted by Gasteiger charge is -2.24. The quantitative estimate of drug-likeness (QED) is 0.746. The molecule has 0 radical (unpaired) electrons. The van der Waals surface area contributed by atoms with E-state index in [9.17, 15) is 18.4 Å². The van der Waals surface area contributed by atoms with Crippen LogP contribution in [-0.2, 0) is 9.59 Å². The molecule has 2 aromatic carbocycles. The fourth-order valence-corrected chi connectivity index (χ4v) is 2.70. The van der Waals surface area contributed by atoms with Gasteiger partial charge in [-0.3, -0.25) is 9.59 Å². The summed E-state index contributed by atoms with van der Waals surface area (Å²) in [5, 5.41) is 5.10. The second-order valence-corrected chi connectivity index (χ2v) is 6.98. The molecule has 0 atom stereocenters. The summed E-state index contributed by atoms with van der Waals surface area (Å²) in [5.41, 5.74) is -0.143. The van der Waals surface area contributed by atoms with Crippen LogP contribution in [0.3, 0.4) is 0 Å². The maximum absolute atomic E-state index is 13.7. The molecule has 4 nitrogen and oxygen atoms in total. The molecule has 0 aliphatic rings. The highest BCUT2D eigenvalue weighted by atomic mass is 35.5. The predicted molar refractivity (Wildman–Crippen MR) is 98.3 cm³/mol. The molecule has 0 spiro atoms. The van der Waals surface area contributed by atoms with Gasteiger partial charge in [0, 0.05) is 0 Å². The van der Waals surface area contributed by atoms with E-state index in [1.54, 1.807) is 13.0 Å². The highest BCUT2D eigenvalue weighted by Gasteiger charge is 2.37. The molecule has 0 aliphatic heterocycles. The van der Waals surface area contributed by atoms with Crippen LogP contribution >= 0.6 is 11.6 Å². The van der Waals surface area contributed by atoms with Gasteiger partial charge in [-0.2, -0.15) is 0 Å². The van der Waals surface area contributed by atoms with E-state index in [0.29, 0.717) is 10.7 Å². The molecule has 26 heavy (non-hydrogen) atoms. The van der Waals surface area contributed by atoms with Gasteiger partial charge >= 0.3 is 0 Å². The minimum absolute atomic E-state index is 0.340. The summed E-state index contributed by atoms with van der Waals surface area (Å²) >= 11 is 6.17. The summed E-state index contributed by atoms with van der Waals surface area (Å²) in [5.74, 6) is -3.35. The number of hydrogen-bond acceptors (Lipinski definition) is 2. The third kappa shape index (κ3) is 4.02. The van der Waals surface area contributed by atoms with Crippen LogP contribution in [0.5, 0.6) is 0 Å².